The third-order valence-electron chi connectivity index (χ3n) is 4.24. The maximum atomic E-state index is 13.7. The normalized spacial score (nSPS) is 17.0. The molecule has 1 unspecified atom stereocenters. The first-order valence-electron chi connectivity index (χ1n) is 8.24. The van der Waals surface area contributed by atoms with Crippen molar-refractivity contribution in [1.29, 1.82) is 0 Å². The average Bonchev–Trinajstić information content (AvgIpc) is 3.15. The number of carbonyl (C=O) groups is 1. The summed E-state index contributed by atoms with van der Waals surface area (Å²) in [5, 5.41) is 11.4. The Kier molecular flexibility index (Phi) is 6.51. The van der Waals surface area contributed by atoms with Crippen molar-refractivity contribution in [2.45, 2.75) is 13.0 Å². The fourth-order valence-corrected chi connectivity index (χ4v) is 4.77. The molecular weight excluding hydrogens is 517 g/mol. The van der Waals surface area contributed by atoms with Gasteiger partial charge in [0.25, 0.3) is 0 Å². The molecule has 2 heterocycles. The number of aliphatic carboxylic acids is 1. The first-order chi connectivity index (χ1) is 13.4. The number of aliphatic imine (C=N–C) groups is 1. The second kappa shape index (κ2) is 8.71. The molecule has 0 saturated carbocycles. The smallest absolute Gasteiger partial charge is 0.335 e. The Labute approximate surface area is 182 Å². The van der Waals surface area contributed by atoms with Crippen LogP contribution in [0.15, 0.2) is 45.1 Å². The molecule has 0 radical (unpaired) electrons. The molecule has 2 aromatic rings. The molecule has 0 spiro atoms. The SMILES string of the molecule is CCN1C(c2ncc(OC)s2)=NC(CBr)=C(C(=O)O)C1c1ccc(F)cc1Br. The van der Waals surface area contributed by atoms with Gasteiger partial charge in [-0.05, 0) is 24.6 Å². The first kappa shape index (κ1) is 20.9. The Morgan fingerprint density at radius 1 is 1.46 bits per heavy atom. The molecule has 0 saturated heterocycles. The van der Waals surface area contributed by atoms with Crippen LogP contribution in [0.3, 0.4) is 0 Å². The zero-order valence-corrected chi connectivity index (χ0v) is 18.9. The molecular formula is C18H16Br2FN3O3S. The molecule has 1 aliphatic rings. The number of allylic oxidation sites excluding steroid dienone is 1. The number of ether oxygens (including phenoxy) is 1. The maximum absolute atomic E-state index is 13.7. The van der Waals surface area contributed by atoms with Gasteiger partial charge in [-0.15, -0.1) is 0 Å². The molecule has 1 atom stereocenters. The Balaban J connectivity index is 2.24. The lowest BCUT2D eigenvalue weighted by Crippen LogP contribution is -2.41. The molecule has 28 heavy (non-hydrogen) atoms. The fraction of sp³-hybridized carbons (Fsp3) is 0.278. The molecule has 148 valence electrons. The molecule has 1 aromatic heterocycles. The Morgan fingerprint density at radius 3 is 2.75 bits per heavy atom. The van der Waals surface area contributed by atoms with Crippen LogP contribution in [0.5, 0.6) is 5.06 Å². The van der Waals surface area contributed by atoms with Crippen LogP contribution in [-0.4, -0.2) is 45.8 Å². The summed E-state index contributed by atoms with van der Waals surface area (Å²) in [6, 6.07) is 3.58. The quantitative estimate of drug-likeness (QED) is 0.550. The lowest BCUT2D eigenvalue weighted by molar-refractivity contribution is -0.133. The predicted molar refractivity (Wildman–Crippen MR) is 113 cm³/mol. The van der Waals surface area contributed by atoms with Crippen LogP contribution in [-0.2, 0) is 4.79 Å². The van der Waals surface area contributed by atoms with Gasteiger partial charge in [-0.1, -0.05) is 49.3 Å². The molecule has 1 aromatic carbocycles. The minimum atomic E-state index is -1.08. The monoisotopic (exact) mass is 531 g/mol. The number of carboxylic acids is 1. The van der Waals surface area contributed by atoms with E-state index in [4.69, 9.17) is 4.74 Å². The molecule has 0 bridgehead atoms. The summed E-state index contributed by atoms with van der Waals surface area (Å²) in [4.78, 5) is 23.0. The van der Waals surface area contributed by atoms with E-state index in [1.54, 1.807) is 19.4 Å². The Hall–Kier alpha value is -1.78. The number of likely N-dealkylation sites (N-methyl/N-ethyl adjacent to an activating group) is 1. The fourth-order valence-electron chi connectivity index (χ4n) is 3.04. The van der Waals surface area contributed by atoms with E-state index >= 15 is 0 Å². The summed E-state index contributed by atoms with van der Waals surface area (Å²) in [6.45, 7) is 2.38. The lowest BCUT2D eigenvalue weighted by Gasteiger charge is -2.37. The van der Waals surface area contributed by atoms with Crippen LogP contribution in [0.1, 0.15) is 23.5 Å². The highest BCUT2D eigenvalue weighted by Gasteiger charge is 2.38. The van der Waals surface area contributed by atoms with Gasteiger partial charge in [0.15, 0.2) is 15.9 Å². The molecule has 1 N–H and O–H groups in total. The first-order valence-corrected chi connectivity index (χ1v) is 11.0. The summed E-state index contributed by atoms with van der Waals surface area (Å²) in [5.74, 6) is -0.931. The van der Waals surface area contributed by atoms with E-state index in [0.717, 1.165) is 0 Å². The zero-order valence-electron chi connectivity index (χ0n) is 14.9. The second-order valence-electron chi connectivity index (χ2n) is 5.78. The number of thiazole rings is 1. The Morgan fingerprint density at radius 2 is 2.21 bits per heavy atom. The Bertz CT molecular complexity index is 977. The highest BCUT2D eigenvalue weighted by atomic mass is 79.9. The molecule has 1 aliphatic heterocycles. The van der Waals surface area contributed by atoms with Crippen molar-refractivity contribution >= 4 is 55.0 Å². The second-order valence-corrected chi connectivity index (χ2v) is 8.19. The highest BCUT2D eigenvalue weighted by molar-refractivity contribution is 9.10. The van der Waals surface area contributed by atoms with Crippen molar-refractivity contribution in [2.75, 3.05) is 19.0 Å². The van der Waals surface area contributed by atoms with E-state index < -0.39 is 17.8 Å². The van der Waals surface area contributed by atoms with Gasteiger partial charge in [0.2, 0.25) is 0 Å². The highest BCUT2D eigenvalue weighted by Crippen LogP contribution is 2.40. The summed E-state index contributed by atoms with van der Waals surface area (Å²) in [5.41, 5.74) is 1.16. The van der Waals surface area contributed by atoms with Gasteiger partial charge in [0.1, 0.15) is 5.82 Å². The minimum absolute atomic E-state index is 0.137. The van der Waals surface area contributed by atoms with Crippen LogP contribution in [0.4, 0.5) is 4.39 Å². The largest absolute Gasteiger partial charge is 0.486 e. The van der Waals surface area contributed by atoms with Gasteiger partial charge in [0.05, 0.1) is 30.6 Å². The van der Waals surface area contributed by atoms with Crippen molar-refractivity contribution in [2.24, 2.45) is 4.99 Å². The van der Waals surface area contributed by atoms with E-state index in [2.05, 4.69) is 41.8 Å². The number of halogens is 3. The van der Waals surface area contributed by atoms with E-state index in [9.17, 15) is 14.3 Å². The predicted octanol–water partition coefficient (Wildman–Crippen LogP) is 4.61. The maximum Gasteiger partial charge on any atom is 0.335 e. The topological polar surface area (TPSA) is 75.0 Å². The molecule has 0 aliphatic carbocycles. The number of nitrogens with zero attached hydrogens (tertiary/aromatic N) is 3. The van der Waals surface area contributed by atoms with E-state index in [-0.39, 0.29) is 10.9 Å². The molecule has 3 rings (SSSR count). The van der Waals surface area contributed by atoms with Gasteiger partial charge in [-0.3, -0.25) is 0 Å². The van der Waals surface area contributed by atoms with Crippen LogP contribution in [0.25, 0.3) is 0 Å². The van der Waals surface area contributed by atoms with Crippen LogP contribution in [0.2, 0.25) is 0 Å². The van der Waals surface area contributed by atoms with Crippen LogP contribution in [0, 0.1) is 5.82 Å². The van der Waals surface area contributed by atoms with Crippen molar-refractivity contribution in [3.05, 3.63) is 56.5 Å². The molecule has 10 heteroatoms. The number of rotatable bonds is 6. The standard InChI is InChI=1S/C18H16Br2FN3O3S/c1-3-24-15(10-5-4-9(21)6-11(10)20)14(18(25)26)12(7-19)23-16(24)17-22-8-13(27-2)28-17/h4-6,8,15H,3,7H2,1-2H3,(H,25,26). The number of hydrogen-bond donors (Lipinski definition) is 1. The minimum Gasteiger partial charge on any atom is -0.486 e. The van der Waals surface area contributed by atoms with Crippen molar-refractivity contribution in [3.8, 4) is 5.06 Å². The third-order valence-corrected chi connectivity index (χ3v) is 6.41. The molecule has 0 amide bonds. The number of benzene rings is 1. The third kappa shape index (κ3) is 3.85. The number of amidine groups is 1. The zero-order chi connectivity index (χ0) is 20.4. The summed E-state index contributed by atoms with van der Waals surface area (Å²) < 4.78 is 19.4. The number of carboxylic acid groups (broad SMARTS) is 1. The van der Waals surface area contributed by atoms with Gasteiger partial charge >= 0.3 is 5.97 Å². The van der Waals surface area contributed by atoms with Crippen LogP contribution >= 0.6 is 43.2 Å². The number of hydrogen-bond acceptors (Lipinski definition) is 6. The van der Waals surface area contributed by atoms with E-state index in [0.29, 0.717) is 38.2 Å². The lowest BCUT2D eigenvalue weighted by atomic mass is 9.93. The van der Waals surface area contributed by atoms with Gasteiger partial charge in [-0.2, -0.15) is 0 Å². The van der Waals surface area contributed by atoms with Gasteiger partial charge < -0.3 is 14.7 Å². The summed E-state index contributed by atoms with van der Waals surface area (Å²) in [7, 11) is 1.56. The average molecular weight is 533 g/mol. The van der Waals surface area contributed by atoms with Crippen molar-refractivity contribution in [3.63, 3.8) is 0 Å². The summed E-state index contributed by atoms with van der Waals surface area (Å²) in [6.07, 6.45) is 1.60. The molecule has 0 fully saturated rings. The van der Waals surface area contributed by atoms with E-state index in [1.807, 2.05) is 11.8 Å². The van der Waals surface area contributed by atoms with E-state index in [1.165, 1.54) is 23.5 Å². The van der Waals surface area contributed by atoms with Crippen LogP contribution < -0.4 is 4.74 Å². The van der Waals surface area contributed by atoms with Crippen molar-refractivity contribution < 1.29 is 19.0 Å². The molecule has 6 nitrogen and oxygen atoms in total. The summed E-state index contributed by atoms with van der Waals surface area (Å²) >= 11 is 8.05. The number of alkyl halides is 1. The van der Waals surface area contributed by atoms with Gasteiger partial charge in [-0.25, -0.2) is 19.2 Å². The number of methoxy groups -OCH3 is 1. The number of aromatic nitrogens is 1. The van der Waals surface area contributed by atoms with Crippen molar-refractivity contribution in [1.82, 2.24) is 9.88 Å². The van der Waals surface area contributed by atoms with Gasteiger partial charge in [0, 0.05) is 16.3 Å².